The summed E-state index contributed by atoms with van der Waals surface area (Å²) in [7, 11) is 1.64. The maximum Gasteiger partial charge on any atom is 0.324 e. The lowest BCUT2D eigenvalue weighted by Gasteiger charge is -2.48. The summed E-state index contributed by atoms with van der Waals surface area (Å²) >= 11 is 0. The van der Waals surface area contributed by atoms with Crippen LogP contribution in [0, 0.1) is 0 Å². The SMILES string of the molecule is COc1cccc(N2CCN(C(=O)CN3C(=O)CCNC3=O)CC2(C)C)c1. The van der Waals surface area contributed by atoms with Crippen molar-refractivity contribution >= 4 is 23.5 Å². The summed E-state index contributed by atoms with van der Waals surface area (Å²) in [5.74, 6) is 0.275. The van der Waals surface area contributed by atoms with Crippen LogP contribution in [0.4, 0.5) is 10.5 Å². The van der Waals surface area contributed by atoms with Gasteiger partial charge in [-0.1, -0.05) is 6.07 Å². The Morgan fingerprint density at radius 1 is 1.26 bits per heavy atom. The maximum atomic E-state index is 12.7. The van der Waals surface area contributed by atoms with Crippen molar-refractivity contribution in [3.05, 3.63) is 24.3 Å². The van der Waals surface area contributed by atoms with Crippen molar-refractivity contribution in [3.63, 3.8) is 0 Å². The van der Waals surface area contributed by atoms with E-state index in [4.69, 9.17) is 4.74 Å². The highest BCUT2D eigenvalue weighted by molar-refractivity contribution is 6.00. The zero-order valence-corrected chi connectivity index (χ0v) is 16.0. The number of hydrogen-bond donors (Lipinski definition) is 1. The third-order valence-electron chi connectivity index (χ3n) is 5.07. The summed E-state index contributed by atoms with van der Waals surface area (Å²) in [6.07, 6.45) is 0.230. The Labute approximate surface area is 159 Å². The van der Waals surface area contributed by atoms with E-state index in [1.807, 2.05) is 24.3 Å². The summed E-state index contributed by atoms with van der Waals surface area (Å²) < 4.78 is 5.31. The lowest BCUT2D eigenvalue weighted by molar-refractivity contribution is -0.139. The number of nitrogens with zero attached hydrogens (tertiary/aromatic N) is 3. The second-order valence-corrected chi connectivity index (χ2v) is 7.44. The molecule has 1 aromatic rings. The lowest BCUT2D eigenvalue weighted by atomic mass is 9.97. The highest BCUT2D eigenvalue weighted by Crippen LogP contribution is 2.30. The topological polar surface area (TPSA) is 82.2 Å². The molecule has 0 saturated carbocycles. The van der Waals surface area contributed by atoms with Crippen LogP contribution < -0.4 is 15.0 Å². The first-order valence-electron chi connectivity index (χ1n) is 9.09. The van der Waals surface area contributed by atoms with E-state index >= 15 is 0 Å². The minimum absolute atomic E-state index is 0.208. The van der Waals surface area contributed by atoms with Crippen LogP contribution in [0.25, 0.3) is 0 Å². The highest BCUT2D eigenvalue weighted by Gasteiger charge is 2.37. The second kappa shape index (κ2) is 7.46. The van der Waals surface area contributed by atoms with Crippen LogP contribution in [-0.2, 0) is 9.59 Å². The van der Waals surface area contributed by atoms with Gasteiger partial charge in [-0.15, -0.1) is 0 Å². The minimum Gasteiger partial charge on any atom is -0.497 e. The molecule has 1 aromatic carbocycles. The Morgan fingerprint density at radius 3 is 2.70 bits per heavy atom. The summed E-state index contributed by atoms with van der Waals surface area (Å²) in [4.78, 5) is 41.5. The van der Waals surface area contributed by atoms with Gasteiger partial charge in [-0.2, -0.15) is 0 Å². The lowest BCUT2D eigenvalue weighted by Crippen LogP contribution is -2.62. The zero-order valence-electron chi connectivity index (χ0n) is 16.0. The van der Waals surface area contributed by atoms with Crippen molar-refractivity contribution in [2.45, 2.75) is 25.8 Å². The van der Waals surface area contributed by atoms with Crippen LogP contribution in [0.1, 0.15) is 20.3 Å². The average Bonchev–Trinajstić information content (AvgIpc) is 2.64. The number of benzene rings is 1. The number of nitrogens with one attached hydrogen (secondary N) is 1. The number of methoxy groups -OCH3 is 1. The van der Waals surface area contributed by atoms with Gasteiger partial charge in [-0.3, -0.25) is 14.5 Å². The first-order valence-corrected chi connectivity index (χ1v) is 9.09. The molecule has 0 aliphatic carbocycles. The van der Waals surface area contributed by atoms with Crippen molar-refractivity contribution in [2.75, 3.05) is 44.7 Å². The van der Waals surface area contributed by atoms with E-state index < -0.39 is 6.03 Å². The fraction of sp³-hybridized carbons (Fsp3) is 0.526. The van der Waals surface area contributed by atoms with Gasteiger partial charge >= 0.3 is 6.03 Å². The van der Waals surface area contributed by atoms with Gasteiger partial charge in [-0.05, 0) is 26.0 Å². The monoisotopic (exact) mass is 374 g/mol. The third kappa shape index (κ3) is 3.99. The molecule has 8 nitrogen and oxygen atoms in total. The van der Waals surface area contributed by atoms with Crippen LogP contribution in [0.2, 0.25) is 0 Å². The van der Waals surface area contributed by atoms with Crippen molar-refractivity contribution in [3.8, 4) is 5.75 Å². The Bertz CT molecular complexity index is 733. The van der Waals surface area contributed by atoms with Gasteiger partial charge < -0.3 is 19.9 Å². The number of carbonyl (C=O) groups excluding carboxylic acids is 3. The zero-order chi connectivity index (χ0) is 19.6. The molecule has 27 heavy (non-hydrogen) atoms. The molecule has 4 amide bonds. The van der Waals surface area contributed by atoms with E-state index in [0.717, 1.165) is 16.3 Å². The molecule has 1 N–H and O–H groups in total. The Balaban J connectivity index is 1.68. The van der Waals surface area contributed by atoms with Crippen LogP contribution >= 0.6 is 0 Å². The largest absolute Gasteiger partial charge is 0.497 e. The third-order valence-corrected chi connectivity index (χ3v) is 5.07. The molecule has 0 aromatic heterocycles. The number of ether oxygens (including phenoxy) is 1. The Kier molecular flexibility index (Phi) is 5.25. The van der Waals surface area contributed by atoms with Crippen LogP contribution in [0.15, 0.2) is 24.3 Å². The van der Waals surface area contributed by atoms with Crippen LogP contribution in [0.5, 0.6) is 5.75 Å². The number of imide groups is 1. The summed E-state index contributed by atoms with van der Waals surface area (Å²) in [5.41, 5.74) is 0.742. The minimum atomic E-state index is -0.492. The molecule has 146 valence electrons. The van der Waals surface area contributed by atoms with E-state index in [1.54, 1.807) is 12.0 Å². The number of hydrogen-bond acceptors (Lipinski definition) is 5. The fourth-order valence-electron chi connectivity index (χ4n) is 3.64. The fourth-order valence-corrected chi connectivity index (χ4v) is 3.64. The molecule has 2 fully saturated rings. The van der Waals surface area contributed by atoms with Crippen molar-refractivity contribution in [2.24, 2.45) is 0 Å². The van der Waals surface area contributed by atoms with Crippen molar-refractivity contribution < 1.29 is 19.1 Å². The molecule has 2 aliphatic rings. The number of urea groups is 1. The Morgan fingerprint density at radius 2 is 2.04 bits per heavy atom. The Hall–Kier alpha value is -2.77. The van der Waals surface area contributed by atoms with E-state index in [0.29, 0.717) is 26.2 Å². The molecule has 3 rings (SSSR count). The number of carbonyl (C=O) groups is 3. The standard InChI is InChI=1S/C19H26N4O4/c1-19(2)13-21(17(25)12-22-16(24)7-8-20-18(22)26)9-10-23(19)14-5-4-6-15(11-14)27-3/h4-6,11H,7-10,12-13H2,1-3H3,(H,20,26). The summed E-state index contributed by atoms with van der Waals surface area (Å²) in [6, 6.07) is 7.36. The number of piperazine rings is 1. The molecule has 0 unspecified atom stereocenters. The van der Waals surface area contributed by atoms with Gasteiger partial charge in [0.25, 0.3) is 0 Å². The predicted molar refractivity (Wildman–Crippen MR) is 101 cm³/mol. The first kappa shape index (κ1) is 19.0. The molecule has 2 saturated heterocycles. The molecule has 0 atom stereocenters. The van der Waals surface area contributed by atoms with Gasteiger partial charge in [0.15, 0.2) is 0 Å². The van der Waals surface area contributed by atoms with Crippen LogP contribution in [-0.4, -0.2) is 73.0 Å². The first-order chi connectivity index (χ1) is 12.8. The van der Waals surface area contributed by atoms with Crippen molar-refractivity contribution in [1.29, 1.82) is 0 Å². The predicted octanol–water partition coefficient (Wildman–Crippen LogP) is 1.06. The van der Waals surface area contributed by atoms with E-state index in [1.165, 1.54) is 0 Å². The van der Waals surface area contributed by atoms with Gasteiger partial charge in [0.2, 0.25) is 11.8 Å². The van der Waals surface area contributed by atoms with E-state index in [-0.39, 0.29) is 30.3 Å². The van der Waals surface area contributed by atoms with Crippen molar-refractivity contribution in [1.82, 2.24) is 15.1 Å². The number of anilines is 1. The number of amides is 4. The molecule has 0 spiro atoms. The molecule has 2 heterocycles. The van der Waals surface area contributed by atoms with Gasteiger partial charge in [-0.25, -0.2) is 4.79 Å². The average molecular weight is 374 g/mol. The number of rotatable bonds is 4. The molecule has 0 bridgehead atoms. The normalized spacial score (nSPS) is 19.7. The molecule has 8 heteroatoms. The van der Waals surface area contributed by atoms with Gasteiger partial charge in [0.1, 0.15) is 12.3 Å². The molecule has 2 aliphatic heterocycles. The quantitative estimate of drug-likeness (QED) is 0.852. The second-order valence-electron chi connectivity index (χ2n) is 7.44. The van der Waals surface area contributed by atoms with Gasteiger partial charge in [0, 0.05) is 44.4 Å². The van der Waals surface area contributed by atoms with E-state index in [9.17, 15) is 14.4 Å². The van der Waals surface area contributed by atoms with E-state index in [2.05, 4.69) is 24.1 Å². The molecular formula is C19H26N4O4. The highest BCUT2D eigenvalue weighted by atomic mass is 16.5. The molecular weight excluding hydrogens is 348 g/mol. The maximum absolute atomic E-state index is 12.7. The summed E-state index contributed by atoms with van der Waals surface area (Å²) in [6.45, 7) is 5.96. The molecule has 0 radical (unpaired) electrons. The van der Waals surface area contributed by atoms with Crippen LogP contribution in [0.3, 0.4) is 0 Å². The summed E-state index contributed by atoms with van der Waals surface area (Å²) in [5, 5.41) is 2.60. The van der Waals surface area contributed by atoms with Gasteiger partial charge in [0.05, 0.1) is 12.6 Å². The smallest absolute Gasteiger partial charge is 0.324 e.